The molecule has 7 nitrogen and oxygen atoms in total. The van der Waals surface area contributed by atoms with Crippen molar-refractivity contribution >= 4 is 28.7 Å². The summed E-state index contributed by atoms with van der Waals surface area (Å²) in [6.07, 6.45) is -4.66. The summed E-state index contributed by atoms with van der Waals surface area (Å²) in [5.41, 5.74) is 2.87. The van der Waals surface area contributed by atoms with Crippen molar-refractivity contribution in [2.24, 2.45) is 0 Å². The van der Waals surface area contributed by atoms with E-state index in [0.717, 1.165) is 12.1 Å². The van der Waals surface area contributed by atoms with Gasteiger partial charge in [-0.15, -0.1) is 0 Å². The average molecular weight is 338 g/mol. The lowest BCUT2D eigenvalue weighted by molar-refractivity contribution is -0.384. The summed E-state index contributed by atoms with van der Waals surface area (Å²) in [4.78, 5) is 9.95. The summed E-state index contributed by atoms with van der Waals surface area (Å²) in [5.74, 6) is 0. The highest BCUT2D eigenvalue weighted by atomic mass is 32.1. The number of nitrogens with zero attached hydrogens (tertiary/aromatic N) is 1. The number of halogens is 3. The molecule has 0 unspecified atom stereocenters. The Morgan fingerprint density at radius 1 is 1.45 bits per heavy atom. The third-order valence-corrected chi connectivity index (χ3v) is 2.67. The van der Waals surface area contributed by atoms with Gasteiger partial charge in [0.05, 0.1) is 17.1 Å². The van der Waals surface area contributed by atoms with E-state index in [1.807, 2.05) is 0 Å². The largest absolute Gasteiger partial charge is 0.416 e. The maximum Gasteiger partial charge on any atom is 0.416 e. The minimum atomic E-state index is -4.66. The minimum Gasteiger partial charge on any atom is -0.383 e. The number of hydrogen-bond acceptors (Lipinski definition) is 5. The first-order chi connectivity index (χ1) is 10.3. The number of nitrogens with one attached hydrogen (secondary N) is 3. The third kappa shape index (κ3) is 5.33. The van der Waals surface area contributed by atoms with E-state index in [9.17, 15) is 23.3 Å². The van der Waals surface area contributed by atoms with Gasteiger partial charge in [0, 0.05) is 19.7 Å². The molecule has 1 rings (SSSR count). The Hall–Kier alpha value is -2.14. The van der Waals surface area contributed by atoms with Gasteiger partial charge in [0.25, 0.3) is 5.69 Å². The Labute approximate surface area is 128 Å². The van der Waals surface area contributed by atoms with Crippen LogP contribution >= 0.6 is 12.2 Å². The van der Waals surface area contributed by atoms with Crippen molar-refractivity contribution in [3.63, 3.8) is 0 Å². The first-order valence-electron chi connectivity index (χ1n) is 5.90. The zero-order valence-corrected chi connectivity index (χ0v) is 12.2. The summed E-state index contributed by atoms with van der Waals surface area (Å²) >= 11 is 4.87. The molecule has 0 aromatic heterocycles. The van der Waals surface area contributed by atoms with Crippen LogP contribution in [0, 0.1) is 10.1 Å². The summed E-state index contributed by atoms with van der Waals surface area (Å²) < 4.78 is 42.4. The molecule has 0 saturated carbocycles. The fourth-order valence-corrected chi connectivity index (χ4v) is 1.55. The normalized spacial score (nSPS) is 10.9. The molecule has 0 saturated heterocycles. The highest BCUT2D eigenvalue weighted by Gasteiger charge is 2.33. The van der Waals surface area contributed by atoms with Gasteiger partial charge in [-0.2, -0.15) is 13.2 Å². The second-order valence-corrected chi connectivity index (χ2v) is 4.39. The van der Waals surface area contributed by atoms with Gasteiger partial charge in [0.2, 0.25) is 0 Å². The summed E-state index contributed by atoms with van der Waals surface area (Å²) in [7, 11) is 1.50. The van der Waals surface area contributed by atoms with E-state index in [1.165, 1.54) is 7.11 Å². The Kier molecular flexibility index (Phi) is 6.31. The first kappa shape index (κ1) is 17.9. The van der Waals surface area contributed by atoms with Gasteiger partial charge in [-0.3, -0.25) is 21.0 Å². The van der Waals surface area contributed by atoms with E-state index in [4.69, 9.17) is 17.0 Å². The predicted molar refractivity (Wildman–Crippen MR) is 77.3 cm³/mol. The molecule has 0 aliphatic heterocycles. The van der Waals surface area contributed by atoms with E-state index in [-0.39, 0.29) is 10.8 Å². The molecule has 1 aromatic carbocycles. The molecule has 0 spiro atoms. The molecule has 1 aromatic rings. The van der Waals surface area contributed by atoms with Crippen LogP contribution in [0.4, 0.5) is 24.5 Å². The number of rotatable bonds is 6. The van der Waals surface area contributed by atoms with E-state index in [2.05, 4.69) is 16.2 Å². The van der Waals surface area contributed by atoms with Crippen LogP contribution in [0.2, 0.25) is 0 Å². The molecule has 0 bridgehead atoms. The molecule has 0 aliphatic carbocycles. The van der Waals surface area contributed by atoms with Crippen molar-refractivity contribution < 1.29 is 22.8 Å². The van der Waals surface area contributed by atoms with E-state index in [0.29, 0.717) is 19.2 Å². The Morgan fingerprint density at radius 2 is 2.14 bits per heavy atom. The van der Waals surface area contributed by atoms with Crippen LogP contribution in [0.3, 0.4) is 0 Å². The predicted octanol–water partition coefficient (Wildman–Crippen LogP) is 2.05. The molecular weight excluding hydrogens is 325 g/mol. The van der Waals surface area contributed by atoms with E-state index < -0.39 is 22.4 Å². The number of anilines is 1. The maximum atomic E-state index is 12.5. The first-order valence-corrected chi connectivity index (χ1v) is 6.31. The second-order valence-electron chi connectivity index (χ2n) is 3.99. The number of methoxy groups -OCH3 is 1. The Bertz CT molecular complexity index is 554. The van der Waals surface area contributed by atoms with Crippen LogP contribution in [-0.2, 0) is 10.9 Å². The van der Waals surface area contributed by atoms with Gasteiger partial charge in [-0.1, -0.05) is 0 Å². The third-order valence-electron chi connectivity index (χ3n) is 2.42. The Balaban J connectivity index is 2.78. The minimum absolute atomic E-state index is 0.117. The number of ether oxygens (including phenoxy) is 1. The molecule has 0 heterocycles. The number of hydrogen-bond donors (Lipinski definition) is 3. The molecule has 11 heteroatoms. The number of alkyl halides is 3. The van der Waals surface area contributed by atoms with Gasteiger partial charge in [0.1, 0.15) is 5.69 Å². The standard InChI is InChI=1S/C11H13F3N4O3S/c1-21-5-4-15-10(22)17-16-8-3-2-7(11(12,13)14)6-9(8)18(19)20/h2-3,6,16H,4-5H2,1H3,(H2,15,17,22). The van der Waals surface area contributed by atoms with Gasteiger partial charge in [-0.05, 0) is 24.4 Å². The number of nitro benzene ring substituents is 1. The molecule has 122 valence electrons. The number of benzene rings is 1. The van der Waals surface area contributed by atoms with Crippen molar-refractivity contribution in [3.05, 3.63) is 33.9 Å². The fraction of sp³-hybridized carbons (Fsp3) is 0.364. The van der Waals surface area contributed by atoms with E-state index >= 15 is 0 Å². The van der Waals surface area contributed by atoms with E-state index in [1.54, 1.807) is 0 Å². The average Bonchev–Trinajstić information content (AvgIpc) is 2.44. The quantitative estimate of drug-likeness (QED) is 0.317. The molecule has 0 radical (unpaired) electrons. The topological polar surface area (TPSA) is 88.5 Å². The zero-order chi connectivity index (χ0) is 16.8. The van der Waals surface area contributed by atoms with Crippen molar-refractivity contribution in [1.29, 1.82) is 0 Å². The lowest BCUT2D eigenvalue weighted by atomic mass is 10.1. The van der Waals surface area contributed by atoms with Crippen LogP contribution < -0.4 is 16.2 Å². The fourth-order valence-electron chi connectivity index (χ4n) is 1.40. The van der Waals surface area contributed by atoms with Crippen LogP contribution in [0.25, 0.3) is 0 Å². The van der Waals surface area contributed by atoms with Crippen molar-refractivity contribution in [2.75, 3.05) is 25.7 Å². The SMILES string of the molecule is COCCNC(=S)NNc1ccc(C(F)(F)F)cc1[N+](=O)[O-]. The monoisotopic (exact) mass is 338 g/mol. The van der Waals surface area contributed by atoms with Gasteiger partial charge in [-0.25, -0.2) is 0 Å². The smallest absolute Gasteiger partial charge is 0.383 e. The molecule has 0 aliphatic rings. The van der Waals surface area contributed by atoms with Crippen molar-refractivity contribution in [3.8, 4) is 0 Å². The van der Waals surface area contributed by atoms with Crippen molar-refractivity contribution in [2.45, 2.75) is 6.18 Å². The molecular formula is C11H13F3N4O3S. The number of nitro groups is 1. The molecule has 3 N–H and O–H groups in total. The van der Waals surface area contributed by atoms with Crippen LogP contribution in [0.15, 0.2) is 18.2 Å². The summed E-state index contributed by atoms with van der Waals surface area (Å²) in [5, 5.41) is 13.7. The van der Waals surface area contributed by atoms with Gasteiger partial charge < -0.3 is 10.1 Å². The van der Waals surface area contributed by atoms with Gasteiger partial charge >= 0.3 is 6.18 Å². The number of hydrazine groups is 1. The van der Waals surface area contributed by atoms with Crippen molar-refractivity contribution in [1.82, 2.24) is 10.7 Å². The van der Waals surface area contributed by atoms with Crippen LogP contribution in [0.1, 0.15) is 5.56 Å². The highest BCUT2D eigenvalue weighted by Crippen LogP contribution is 2.34. The molecule has 0 atom stereocenters. The van der Waals surface area contributed by atoms with Crippen LogP contribution in [-0.4, -0.2) is 30.3 Å². The Morgan fingerprint density at radius 3 is 2.68 bits per heavy atom. The lowest BCUT2D eigenvalue weighted by Gasteiger charge is -2.13. The molecule has 0 amide bonds. The lowest BCUT2D eigenvalue weighted by Crippen LogP contribution is -2.40. The molecule has 22 heavy (non-hydrogen) atoms. The zero-order valence-electron chi connectivity index (χ0n) is 11.4. The maximum absolute atomic E-state index is 12.5. The van der Waals surface area contributed by atoms with Crippen LogP contribution in [0.5, 0.6) is 0 Å². The highest BCUT2D eigenvalue weighted by molar-refractivity contribution is 7.80. The van der Waals surface area contributed by atoms with Gasteiger partial charge in [0.15, 0.2) is 5.11 Å². The number of thiocarbonyl (C=S) groups is 1. The summed E-state index contributed by atoms with van der Waals surface area (Å²) in [6, 6.07) is 2.13. The molecule has 0 fully saturated rings. The second kappa shape index (κ2) is 7.75. The summed E-state index contributed by atoms with van der Waals surface area (Å²) in [6.45, 7) is 0.793.